The molecule has 0 spiro atoms. The quantitative estimate of drug-likeness (QED) is 0.842. The smallest absolute Gasteiger partial charge is 0.236 e. The number of terminal acetylenes is 2. The molecule has 0 aliphatic heterocycles. The van der Waals surface area contributed by atoms with Gasteiger partial charge in [0, 0.05) is 11.3 Å². The average Bonchev–Trinajstić information content (AvgIpc) is 2.48. The van der Waals surface area contributed by atoms with E-state index >= 15 is 0 Å². The molecule has 0 atom stereocenters. The van der Waals surface area contributed by atoms with Gasteiger partial charge < -0.3 is 5.32 Å². The first-order valence-electron chi connectivity index (χ1n) is 6.13. The first kappa shape index (κ1) is 13.5. The van der Waals surface area contributed by atoms with Crippen molar-refractivity contribution in [2.75, 3.05) is 5.32 Å². The van der Waals surface area contributed by atoms with E-state index in [-0.39, 0.29) is 12.3 Å². The molecule has 0 radical (unpaired) electrons. The molecular formula is C18H13NO. The lowest BCUT2D eigenvalue weighted by atomic mass is 10.0. The fourth-order valence-corrected chi connectivity index (χ4v) is 1.83. The Kier molecular flexibility index (Phi) is 4.22. The van der Waals surface area contributed by atoms with Crippen molar-refractivity contribution in [1.29, 1.82) is 0 Å². The third-order valence-electron chi connectivity index (χ3n) is 2.79. The highest BCUT2D eigenvalue weighted by Gasteiger charge is 2.02. The van der Waals surface area contributed by atoms with Crippen molar-refractivity contribution >= 4 is 11.6 Å². The maximum atomic E-state index is 11.5. The van der Waals surface area contributed by atoms with E-state index in [2.05, 4.69) is 17.2 Å². The van der Waals surface area contributed by atoms with Crippen LogP contribution in [0.5, 0.6) is 0 Å². The zero-order valence-electron chi connectivity index (χ0n) is 10.9. The summed E-state index contributed by atoms with van der Waals surface area (Å²) < 4.78 is 0. The van der Waals surface area contributed by atoms with Gasteiger partial charge in [0.05, 0.1) is 6.42 Å². The van der Waals surface area contributed by atoms with Crippen LogP contribution in [0.15, 0.2) is 48.5 Å². The second-order valence-electron chi connectivity index (χ2n) is 4.23. The van der Waals surface area contributed by atoms with E-state index in [9.17, 15) is 4.79 Å². The lowest BCUT2D eigenvalue weighted by molar-refractivity contribution is -0.115. The number of benzene rings is 2. The van der Waals surface area contributed by atoms with Crippen LogP contribution in [0.4, 0.5) is 5.69 Å². The second-order valence-corrected chi connectivity index (χ2v) is 4.23. The van der Waals surface area contributed by atoms with Crippen molar-refractivity contribution in [2.24, 2.45) is 0 Å². The van der Waals surface area contributed by atoms with Crippen LogP contribution in [0.25, 0.3) is 11.1 Å². The number of nitrogens with one attached hydrogen (secondary N) is 1. The summed E-state index contributed by atoms with van der Waals surface area (Å²) in [6, 6.07) is 15.3. The monoisotopic (exact) mass is 259 g/mol. The summed E-state index contributed by atoms with van der Waals surface area (Å²) in [5.74, 6) is 4.71. The van der Waals surface area contributed by atoms with Crippen molar-refractivity contribution in [2.45, 2.75) is 6.42 Å². The summed E-state index contributed by atoms with van der Waals surface area (Å²) in [4.78, 5) is 11.5. The maximum Gasteiger partial charge on any atom is 0.236 e. The van der Waals surface area contributed by atoms with Gasteiger partial charge in [-0.1, -0.05) is 36.1 Å². The first-order valence-corrected chi connectivity index (χ1v) is 6.13. The molecule has 20 heavy (non-hydrogen) atoms. The molecular weight excluding hydrogens is 246 g/mol. The molecule has 0 heterocycles. The zero-order chi connectivity index (χ0) is 14.4. The Morgan fingerprint density at radius 1 is 1.05 bits per heavy atom. The topological polar surface area (TPSA) is 29.1 Å². The van der Waals surface area contributed by atoms with Gasteiger partial charge in [-0.3, -0.25) is 4.79 Å². The van der Waals surface area contributed by atoms with Crippen LogP contribution in [0, 0.1) is 24.7 Å². The molecule has 0 bridgehead atoms. The molecule has 2 aromatic carbocycles. The van der Waals surface area contributed by atoms with Gasteiger partial charge in [-0.05, 0) is 35.4 Å². The fraction of sp³-hybridized carbons (Fsp3) is 0.0556. The SMILES string of the molecule is C#CCC(=O)Nc1cccc(-c2ccc(C#C)cc2)c1. The maximum absolute atomic E-state index is 11.5. The minimum absolute atomic E-state index is 0.0705. The van der Waals surface area contributed by atoms with E-state index in [0.29, 0.717) is 0 Å². The van der Waals surface area contributed by atoms with Crippen LogP contribution in [0.1, 0.15) is 12.0 Å². The van der Waals surface area contributed by atoms with E-state index < -0.39 is 0 Å². The number of rotatable bonds is 3. The summed E-state index contributed by atoms with van der Waals surface area (Å²) in [6.45, 7) is 0. The molecule has 2 nitrogen and oxygen atoms in total. The molecule has 96 valence electrons. The van der Waals surface area contributed by atoms with E-state index in [1.54, 1.807) is 0 Å². The highest BCUT2D eigenvalue weighted by Crippen LogP contribution is 2.23. The number of hydrogen-bond acceptors (Lipinski definition) is 1. The van der Waals surface area contributed by atoms with Gasteiger partial charge in [0.25, 0.3) is 0 Å². The normalized spacial score (nSPS) is 9.30. The van der Waals surface area contributed by atoms with E-state index in [0.717, 1.165) is 22.4 Å². The third kappa shape index (κ3) is 3.28. The lowest BCUT2D eigenvalue weighted by Gasteiger charge is -2.07. The minimum atomic E-state index is -0.188. The van der Waals surface area contributed by atoms with Gasteiger partial charge in [-0.2, -0.15) is 0 Å². The van der Waals surface area contributed by atoms with Crippen molar-refractivity contribution in [3.05, 3.63) is 54.1 Å². The lowest BCUT2D eigenvalue weighted by Crippen LogP contribution is -2.09. The van der Waals surface area contributed by atoms with Crippen LogP contribution in [0.2, 0.25) is 0 Å². The summed E-state index contributed by atoms with van der Waals surface area (Å²) in [5.41, 5.74) is 3.61. The summed E-state index contributed by atoms with van der Waals surface area (Å²) in [6.07, 6.45) is 10.5. The largest absolute Gasteiger partial charge is 0.325 e. The van der Waals surface area contributed by atoms with Crippen molar-refractivity contribution < 1.29 is 4.79 Å². The minimum Gasteiger partial charge on any atom is -0.325 e. The van der Waals surface area contributed by atoms with Gasteiger partial charge in [-0.25, -0.2) is 0 Å². The standard InChI is InChI=1S/C18H13NO/c1-3-6-18(20)19-17-8-5-7-16(13-17)15-11-9-14(4-2)10-12-15/h1-2,5,7-13H,6H2,(H,19,20). The molecule has 0 saturated carbocycles. The Hall–Kier alpha value is -2.97. The molecule has 0 unspecified atom stereocenters. The van der Waals surface area contributed by atoms with Gasteiger partial charge >= 0.3 is 0 Å². The predicted molar refractivity (Wildman–Crippen MR) is 81.9 cm³/mol. The highest BCUT2D eigenvalue weighted by atomic mass is 16.1. The molecule has 0 fully saturated rings. The second kappa shape index (κ2) is 6.27. The Morgan fingerprint density at radius 2 is 1.80 bits per heavy atom. The number of amides is 1. The summed E-state index contributed by atoms with van der Waals surface area (Å²) in [7, 11) is 0. The molecule has 0 aliphatic rings. The fourth-order valence-electron chi connectivity index (χ4n) is 1.83. The molecule has 2 rings (SSSR count). The third-order valence-corrected chi connectivity index (χ3v) is 2.79. The number of hydrogen-bond donors (Lipinski definition) is 1. The summed E-state index contributed by atoms with van der Waals surface area (Å²) in [5, 5.41) is 2.76. The highest BCUT2D eigenvalue weighted by molar-refractivity contribution is 5.92. The Morgan fingerprint density at radius 3 is 2.45 bits per heavy atom. The molecule has 2 aromatic rings. The van der Waals surface area contributed by atoms with E-state index in [4.69, 9.17) is 12.8 Å². The van der Waals surface area contributed by atoms with Crippen LogP contribution in [-0.4, -0.2) is 5.91 Å². The van der Waals surface area contributed by atoms with Crippen LogP contribution in [0.3, 0.4) is 0 Å². The van der Waals surface area contributed by atoms with E-state index in [1.165, 1.54) is 0 Å². The van der Waals surface area contributed by atoms with Gasteiger partial charge in [-0.15, -0.1) is 12.8 Å². The Labute approximate surface area is 118 Å². The Balaban J connectivity index is 2.23. The van der Waals surface area contributed by atoms with Gasteiger partial charge in [0.1, 0.15) is 0 Å². The van der Waals surface area contributed by atoms with Crippen LogP contribution in [-0.2, 0) is 4.79 Å². The molecule has 0 aliphatic carbocycles. The molecule has 1 amide bonds. The van der Waals surface area contributed by atoms with Crippen molar-refractivity contribution in [3.8, 4) is 35.8 Å². The van der Waals surface area contributed by atoms with Crippen LogP contribution >= 0.6 is 0 Å². The Bertz CT molecular complexity index is 699. The molecule has 2 heteroatoms. The van der Waals surface area contributed by atoms with E-state index in [1.807, 2.05) is 48.5 Å². The number of carbonyl (C=O) groups is 1. The number of anilines is 1. The first-order chi connectivity index (χ1) is 9.72. The van der Waals surface area contributed by atoms with Crippen molar-refractivity contribution in [1.82, 2.24) is 0 Å². The zero-order valence-corrected chi connectivity index (χ0v) is 10.9. The molecule has 1 N–H and O–H groups in total. The van der Waals surface area contributed by atoms with Crippen LogP contribution < -0.4 is 5.32 Å². The molecule has 0 saturated heterocycles. The average molecular weight is 259 g/mol. The van der Waals surface area contributed by atoms with Crippen molar-refractivity contribution in [3.63, 3.8) is 0 Å². The molecule has 0 aromatic heterocycles. The van der Waals surface area contributed by atoms with Gasteiger partial charge in [0.2, 0.25) is 5.91 Å². The number of carbonyl (C=O) groups excluding carboxylic acids is 1. The summed E-state index contributed by atoms with van der Waals surface area (Å²) >= 11 is 0. The predicted octanol–water partition coefficient (Wildman–Crippen LogP) is 3.30. The van der Waals surface area contributed by atoms with Gasteiger partial charge in [0.15, 0.2) is 0 Å².